The summed E-state index contributed by atoms with van der Waals surface area (Å²) in [5.74, 6) is 1.47. The Hall–Kier alpha value is -1.33. The molecule has 0 aliphatic carbocycles. The molecule has 0 aliphatic heterocycles. The molecule has 0 aromatic carbocycles. The Morgan fingerprint density at radius 3 is 2.79 bits per heavy atom. The summed E-state index contributed by atoms with van der Waals surface area (Å²) < 4.78 is 0.802. The Bertz CT molecular complexity index is 555. The van der Waals surface area contributed by atoms with Crippen molar-refractivity contribution in [1.82, 2.24) is 9.97 Å². The zero-order valence-electron chi connectivity index (χ0n) is 11.2. The number of rotatable bonds is 5. The van der Waals surface area contributed by atoms with E-state index in [0.29, 0.717) is 5.95 Å². The Labute approximate surface area is 122 Å². The molecular weight excluding hydrogens is 280 g/mol. The van der Waals surface area contributed by atoms with E-state index in [0.717, 1.165) is 22.4 Å². The van der Waals surface area contributed by atoms with Gasteiger partial charge in [0.25, 0.3) is 0 Å². The number of thiophene rings is 1. The minimum atomic E-state index is 0.168. The Morgan fingerprint density at radius 1 is 1.37 bits per heavy atom. The van der Waals surface area contributed by atoms with Crippen molar-refractivity contribution < 1.29 is 0 Å². The molecule has 1 atom stereocenters. The smallest absolute Gasteiger partial charge is 0.224 e. The molecule has 2 heterocycles. The summed E-state index contributed by atoms with van der Waals surface area (Å²) in [6, 6.07) is 6.05. The summed E-state index contributed by atoms with van der Waals surface area (Å²) in [6.45, 7) is 6.88. The van der Waals surface area contributed by atoms with Crippen LogP contribution in [0.4, 0.5) is 11.8 Å². The molecule has 0 saturated carbocycles. The van der Waals surface area contributed by atoms with Crippen LogP contribution in [-0.4, -0.2) is 16.5 Å². The van der Waals surface area contributed by atoms with E-state index in [9.17, 15) is 0 Å². The highest BCUT2D eigenvalue weighted by atomic mass is 35.5. The summed E-state index contributed by atoms with van der Waals surface area (Å²) in [4.78, 5) is 9.95. The molecule has 0 bridgehead atoms. The highest BCUT2D eigenvalue weighted by Gasteiger charge is 2.10. The van der Waals surface area contributed by atoms with E-state index in [-0.39, 0.29) is 6.04 Å². The lowest BCUT2D eigenvalue weighted by Gasteiger charge is -2.14. The number of aryl methyl sites for hydroxylation is 1. The van der Waals surface area contributed by atoms with Crippen LogP contribution in [-0.2, 0) is 0 Å². The van der Waals surface area contributed by atoms with Gasteiger partial charge in [0.05, 0.1) is 10.4 Å². The number of aromatic nitrogens is 2. The van der Waals surface area contributed by atoms with E-state index in [2.05, 4.69) is 27.5 Å². The van der Waals surface area contributed by atoms with Gasteiger partial charge in [-0.15, -0.1) is 11.3 Å². The normalized spacial score (nSPS) is 12.2. The Kier molecular flexibility index (Phi) is 4.61. The molecule has 2 aromatic rings. The molecule has 1 unspecified atom stereocenters. The third-order valence-electron chi connectivity index (χ3n) is 2.57. The lowest BCUT2D eigenvalue weighted by molar-refractivity contribution is 0.890. The second-order valence-electron chi connectivity index (χ2n) is 4.26. The van der Waals surface area contributed by atoms with Crippen LogP contribution in [0.2, 0.25) is 4.34 Å². The molecule has 2 aromatic heterocycles. The molecule has 2 N–H and O–H groups in total. The Morgan fingerprint density at radius 2 is 2.16 bits per heavy atom. The van der Waals surface area contributed by atoms with Crippen molar-refractivity contribution in [2.75, 3.05) is 17.2 Å². The second kappa shape index (κ2) is 6.21. The van der Waals surface area contributed by atoms with Gasteiger partial charge in [0.1, 0.15) is 5.82 Å². The molecule has 0 amide bonds. The fourth-order valence-electron chi connectivity index (χ4n) is 1.73. The third kappa shape index (κ3) is 3.81. The third-order valence-corrected chi connectivity index (χ3v) is 3.99. The van der Waals surface area contributed by atoms with Crippen molar-refractivity contribution >= 4 is 34.7 Å². The lowest BCUT2D eigenvalue weighted by Crippen LogP contribution is -2.10. The summed E-state index contributed by atoms with van der Waals surface area (Å²) >= 11 is 7.53. The van der Waals surface area contributed by atoms with Gasteiger partial charge in [-0.05, 0) is 32.9 Å². The molecule has 6 heteroatoms. The standard InChI is InChI=1S/C13H17ClN4S/c1-4-15-13-16-8(2)7-12(18-13)17-9(3)10-5-6-11(14)19-10/h5-7,9H,4H2,1-3H3,(H2,15,16,17,18). The maximum absolute atomic E-state index is 5.95. The topological polar surface area (TPSA) is 49.8 Å². The van der Waals surface area contributed by atoms with Gasteiger partial charge in [0.15, 0.2) is 0 Å². The molecule has 102 valence electrons. The summed E-state index contributed by atoms with van der Waals surface area (Å²) in [7, 11) is 0. The number of nitrogens with one attached hydrogen (secondary N) is 2. The van der Waals surface area contributed by atoms with Crippen LogP contribution in [0.15, 0.2) is 18.2 Å². The molecule has 0 radical (unpaired) electrons. The summed E-state index contributed by atoms with van der Waals surface area (Å²) in [6.07, 6.45) is 0. The average molecular weight is 297 g/mol. The van der Waals surface area contributed by atoms with Crippen molar-refractivity contribution in [3.05, 3.63) is 33.1 Å². The van der Waals surface area contributed by atoms with E-state index in [4.69, 9.17) is 11.6 Å². The van der Waals surface area contributed by atoms with E-state index < -0.39 is 0 Å². The Balaban J connectivity index is 2.14. The number of hydrogen-bond acceptors (Lipinski definition) is 5. The van der Waals surface area contributed by atoms with Gasteiger partial charge in [0.2, 0.25) is 5.95 Å². The van der Waals surface area contributed by atoms with Crippen LogP contribution in [0.1, 0.15) is 30.5 Å². The molecular formula is C13H17ClN4S. The molecule has 0 saturated heterocycles. The molecule has 0 spiro atoms. The maximum atomic E-state index is 5.95. The van der Waals surface area contributed by atoms with Gasteiger partial charge in [-0.1, -0.05) is 11.6 Å². The second-order valence-corrected chi connectivity index (χ2v) is 6.00. The van der Waals surface area contributed by atoms with Crippen LogP contribution in [0.25, 0.3) is 0 Å². The monoisotopic (exact) mass is 296 g/mol. The van der Waals surface area contributed by atoms with Crippen LogP contribution in [0, 0.1) is 6.92 Å². The fourth-order valence-corrected chi connectivity index (χ4v) is 2.80. The quantitative estimate of drug-likeness (QED) is 0.872. The van der Waals surface area contributed by atoms with E-state index in [1.165, 1.54) is 4.88 Å². The fraction of sp³-hybridized carbons (Fsp3) is 0.385. The van der Waals surface area contributed by atoms with Crippen molar-refractivity contribution in [2.24, 2.45) is 0 Å². The van der Waals surface area contributed by atoms with Gasteiger partial charge in [-0.3, -0.25) is 0 Å². The molecule has 19 heavy (non-hydrogen) atoms. The first-order valence-electron chi connectivity index (χ1n) is 6.20. The van der Waals surface area contributed by atoms with Crippen molar-refractivity contribution in [3.8, 4) is 0 Å². The lowest BCUT2D eigenvalue weighted by atomic mass is 10.2. The first-order chi connectivity index (χ1) is 9.08. The van der Waals surface area contributed by atoms with Gasteiger partial charge >= 0.3 is 0 Å². The summed E-state index contributed by atoms with van der Waals surface area (Å²) in [5.41, 5.74) is 0.935. The maximum Gasteiger partial charge on any atom is 0.224 e. The zero-order valence-corrected chi connectivity index (χ0v) is 12.8. The average Bonchev–Trinajstić information content (AvgIpc) is 2.75. The van der Waals surface area contributed by atoms with Crippen LogP contribution in [0.5, 0.6) is 0 Å². The van der Waals surface area contributed by atoms with Crippen molar-refractivity contribution in [2.45, 2.75) is 26.8 Å². The largest absolute Gasteiger partial charge is 0.363 e. The van der Waals surface area contributed by atoms with E-state index in [1.54, 1.807) is 11.3 Å². The van der Waals surface area contributed by atoms with Gasteiger partial charge in [-0.2, -0.15) is 4.98 Å². The first kappa shape index (κ1) is 14.1. The van der Waals surface area contributed by atoms with Crippen LogP contribution >= 0.6 is 22.9 Å². The van der Waals surface area contributed by atoms with Gasteiger partial charge in [0, 0.05) is 23.2 Å². The highest BCUT2D eigenvalue weighted by molar-refractivity contribution is 7.16. The highest BCUT2D eigenvalue weighted by Crippen LogP contribution is 2.28. The number of anilines is 2. The SMILES string of the molecule is CCNc1nc(C)cc(NC(C)c2ccc(Cl)s2)n1. The summed E-state index contributed by atoms with van der Waals surface area (Å²) in [5, 5.41) is 6.50. The molecule has 0 aliphatic rings. The van der Waals surface area contributed by atoms with Crippen LogP contribution in [0.3, 0.4) is 0 Å². The van der Waals surface area contributed by atoms with Crippen molar-refractivity contribution in [1.29, 1.82) is 0 Å². The predicted octanol–water partition coefficient (Wildman–Crippen LogP) is 4.10. The molecule has 2 rings (SSSR count). The number of hydrogen-bond donors (Lipinski definition) is 2. The minimum Gasteiger partial charge on any atom is -0.363 e. The molecule has 0 fully saturated rings. The number of nitrogens with zero attached hydrogens (tertiary/aromatic N) is 2. The van der Waals surface area contributed by atoms with Crippen molar-refractivity contribution in [3.63, 3.8) is 0 Å². The minimum absolute atomic E-state index is 0.168. The number of halogens is 1. The van der Waals surface area contributed by atoms with E-state index in [1.807, 2.05) is 32.0 Å². The molecule has 4 nitrogen and oxygen atoms in total. The van der Waals surface area contributed by atoms with Gasteiger partial charge in [-0.25, -0.2) is 4.98 Å². The van der Waals surface area contributed by atoms with E-state index >= 15 is 0 Å². The van der Waals surface area contributed by atoms with Gasteiger partial charge < -0.3 is 10.6 Å². The zero-order chi connectivity index (χ0) is 13.8. The van der Waals surface area contributed by atoms with Crippen LogP contribution < -0.4 is 10.6 Å². The predicted molar refractivity (Wildman–Crippen MR) is 82.3 cm³/mol. The first-order valence-corrected chi connectivity index (χ1v) is 7.39.